The van der Waals surface area contributed by atoms with E-state index >= 15 is 4.39 Å². The highest BCUT2D eigenvalue weighted by Crippen LogP contribution is 2.42. The van der Waals surface area contributed by atoms with Gasteiger partial charge in [-0.2, -0.15) is 0 Å². The Labute approximate surface area is 218 Å². The summed E-state index contributed by atoms with van der Waals surface area (Å²) in [5.74, 6) is 0.0284. The summed E-state index contributed by atoms with van der Waals surface area (Å²) in [6.07, 6.45) is 3.24. The topological polar surface area (TPSA) is 152 Å². The molecule has 2 aromatic heterocycles. The van der Waals surface area contributed by atoms with Crippen LogP contribution in [0.4, 0.5) is 9.18 Å². The lowest BCUT2D eigenvalue weighted by Crippen LogP contribution is -2.57. The maximum atomic E-state index is 15.4. The number of amidine groups is 1. The van der Waals surface area contributed by atoms with Crippen LogP contribution < -0.4 is 10.1 Å². The fourth-order valence-electron chi connectivity index (χ4n) is 4.31. The first-order valence-corrected chi connectivity index (χ1v) is 13.6. The summed E-state index contributed by atoms with van der Waals surface area (Å²) < 4.78 is 43.6. The summed E-state index contributed by atoms with van der Waals surface area (Å²) in [6, 6.07) is 5.94. The molecule has 1 saturated carbocycles. The Bertz CT molecular complexity index is 1560. The number of amides is 1. The molecule has 1 fully saturated rings. The van der Waals surface area contributed by atoms with Gasteiger partial charge in [0.25, 0.3) is 0 Å². The lowest BCUT2D eigenvalue weighted by molar-refractivity contribution is 0.199. The standard InChI is InChI=1S/C25H27FN6O5S/c1-24(2)22(29-23(33)34)30-25(3,13-38(24,35)32-15-6-7-15)16-9-14(5-8-17(16)26)20-10-18(31-37-20)19-11-28-21(36-4)12-27-19/h5,8-12,15H,6-7,13H2,1-4H3,(H,29,30)(H,33,34)/t25-,38-/m0/s1. The van der Waals surface area contributed by atoms with Gasteiger partial charge >= 0.3 is 6.09 Å². The summed E-state index contributed by atoms with van der Waals surface area (Å²) in [5.41, 5.74) is 0.147. The number of rotatable bonds is 5. The second-order valence-corrected chi connectivity index (χ2v) is 12.8. The summed E-state index contributed by atoms with van der Waals surface area (Å²) in [5, 5.41) is 15.8. The number of benzene rings is 1. The van der Waals surface area contributed by atoms with Crippen molar-refractivity contribution >= 4 is 21.7 Å². The van der Waals surface area contributed by atoms with E-state index in [0.29, 0.717) is 28.6 Å². The molecule has 2 atom stereocenters. The van der Waals surface area contributed by atoms with Crippen LogP contribution in [-0.4, -0.2) is 60.0 Å². The Kier molecular flexibility index (Phi) is 6.21. The van der Waals surface area contributed by atoms with Gasteiger partial charge < -0.3 is 14.4 Å². The Hall–Kier alpha value is -3.87. The normalized spacial score (nSPS) is 24.4. The highest BCUT2D eigenvalue weighted by Gasteiger charge is 2.50. The second-order valence-electron chi connectivity index (χ2n) is 10.0. The third-order valence-corrected chi connectivity index (χ3v) is 10.1. The Morgan fingerprint density at radius 2 is 1.97 bits per heavy atom. The van der Waals surface area contributed by atoms with Gasteiger partial charge in [-0.25, -0.2) is 27.7 Å². The van der Waals surface area contributed by atoms with Crippen LogP contribution in [-0.2, 0) is 15.3 Å². The van der Waals surface area contributed by atoms with E-state index in [0.717, 1.165) is 12.8 Å². The van der Waals surface area contributed by atoms with E-state index in [-0.39, 0.29) is 23.2 Å². The minimum atomic E-state index is -3.05. The van der Waals surface area contributed by atoms with Crippen molar-refractivity contribution in [2.75, 3.05) is 12.9 Å². The van der Waals surface area contributed by atoms with Crippen LogP contribution >= 0.6 is 0 Å². The second kappa shape index (κ2) is 9.15. The molecule has 11 nitrogen and oxygen atoms in total. The van der Waals surface area contributed by atoms with Crippen LogP contribution in [0.3, 0.4) is 0 Å². The van der Waals surface area contributed by atoms with Crippen LogP contribution in [0.25, 0.3) is 22.7 Å². The molecule has 0 saturated heterocycles. The van der Waals surface area contributed by atoms with Gasteiger partial charge in [-0.05, 0) is 51.8 Å². The first-order valence-electron chi connectivity index (χ1n) is 11.9. The smallest absolute Gasteiger partial charge is 0.410 e. The third-order valence-electron chi connectivity index (χ3n) is 6.74. The zero-order valence-electron chi connectivity index (χ0n) is 21.3. The maximum absolute atomic E-state index is 15.4. The summed E-state index contributed by atoms with van der Waals surface area (Å²) in [4.78, 5) is 24.6. The van der Waals surface area contributed by atoms with Crippen molar-refractivity contribution in [3.8, 4) is 28.6 Å². The average Bonchev–Trinajstić information content (AvgIpc) is 3.53. The van der Waals surface area contributed by atoms with Gasteiger partial charge in [-0.15, -0.1) is 0 Å². The first kappa shape index (κ1) is 25.8. The van der Waals surface area contributed by atoms with Gasteiger partial charge in [0.2, 0.25) is 5.88 Å². The summed E-state index contributed by atoms with van der Waals surface area (Å²) in [7, 11) is -1.56. The minimum Gasteiger partial charge on any atom is -0.480 e. The van der Waals surface area contributed by atoms with Gasteiger partial charge in [-0.1, -0.05) is 5.16 Å². The van der Waals surface area contributed by atoms with E-state index in [1.54, 1.807) is 32.9 Å². The van der Waals surface area contributed by atoms with Gasteiger partial charge in [-0.3, -0.25) is 10.3 Å². The highest BCUT2D eigenvalue weighted by atomic mass is 32.2. The lowest BCUT2D eigenvalue weighted by atomic mass is 9.91. The van der Waals surface area contributed by atoms with E-state index in [9.17, 15) is 14.1 Å². The summed E-state index contributed by atoms with van der Waals surface area (Å²) >= 11 is 0. The minimum absolute atomic E-state index is 0.0158. The molecule has 0 bridgehead atoms. The number of carboxylic acid groups (broad SMARTS) is 1. The molecule has 3 heterocycles. The lowest BCUT2D eigenvalue weighted by Gasteiger charge is -2.41. The summed E-state index contributed by atoms with van der Waals surface area (Å²) in [6.45, 7) is 4.94. The molecule has 2 N–H and O–H groups in total. The number of ether oxygens (including phenoxy) is 1. The molecule has 2 aliphatic rings. The molecule has 3 aromatic rings. The number of aliphatic imine (C=N–C) groups is 1. The number of halogens is 1. The van der Waals surface area contributed by atoms with Crippen LogP contribution in [0.15, 0.2) is 50.5 Å². The van der Waals surface area contributed by atoms with Gasteiger partial charge in [0, 0.05) is 17.2 Å². The molecule has 1 aromatic carbocycles. The van der Waals surface area contributed by atoms with E-state index in [2.05, 4.69) is 29.8 Å². The third kappa shape index (κ3) is 4.62. The quantitative estimate of drug-likeness (QED) is 0.485. The van der Waals surface area contributed by atoms with E-state index < -0.39 is 31.9 Å². The number of nitrogens with one attached hydrogen (secondary N) is 1. The molecule has 0 unspecified atom stereocenters. The van der Waals surface area contributed by atoms with Crippen molar-refractivity contribution in [3.63, 3.8) is 0 Å². The fourth-order valence-corrected chi connectivity index (χ4v) is 7.08. The van der Waals surface area contributed by atoms with Crippen LogP contribution in [0.1, 0.15) is 39.2 Å². The maximum Gasteiger partial charge on any atom is 0.410 e. The van der Waals surface area contributed by atoms with E-state index in [1.807, 2.05) is 0 Å². The number of hydrogen-bond donors (Lipinski definition) is 2. The zero-order chi connectivity index (χ0) is 27.3. The molecule has 38 heavy (non-hydrogen) atoms. The van der Waals surface area contributed by atoms with Crippen molar-refractivity contribution in [2.24, 2.45) is 9.36 Å². The predicted molar refractivity (Wildman–Crippen MR) is 138 cm³/mol. The SMILES string of the molecule is COc1cnc(-c2cc(-c3ccc(F)c([C@]4(C)C[S@@](=O)(=NC5CC5)C(C)(C)C(NC(=O)O)=N4)c3)on2)cn1. The molecule has 0 radical (unpaired) electrons. The van der Waals surface area contributed by atoms with Gasteiger partial charge in [0.05, 0.1) is 41.0 Å². The average molecular weight is 543 g/mol. The monoisotopic (exact) mass is 542 g/mol. The molecule has 1 aliphatic heterocycles. The molecule has 0 spiro atoms. The molecule has 200 valence electrons. The van der Waals surface area contributed by atoms with Crippen molar-refractivity contribution in [1.29, 1.82) is 0 Å². The van der Waals surface area contributed by atoms with Crippen molar-refractivity contribution < 1.29 is 27.8 Å². The fraction of sp³-hybridized carbons (Fsp3) is 0.400. The van der Waals surface area contributed by atoms with E-state index in [1.165, 1.54) is 31.6 Å². The number of carbonyl (C=O) groups is 1. The Balaban J connectivity index is 1.58. The number of aromatic nitrogens is 3. The van der Waals surface area contributed by atoms with Crippen molar-refractivity contribution in [2.45, 2.75) is 49.9 Å². The molecular formula is C25H27FN6O5S. The van der Waals surface area contributed by atoms with Crippen LogP contribution in [0.5, 0.6) is 5.88 Å². The van der Waals surface area contributed by atoms with Gasteiger partial charge in [0.1, 0.15) is 33.3 Å². The van der Waals surface area contributed by atoms with Crippen molar-refractivity contribution in [3.05, 3.63) is 48.0 Å². The predicted octanol–water partition coefficient (Wildman–Crippen LogP) is 4.25. The molecule has 1 aliphatic carbocycles. The Morgan fingerprint density at radius 3 is 2.61 bits per heavy atom. The molecule has 5 rings (SSSR count). The zero-order valence-corrected chi connectivity index (χ0v) is 22.1. The number of methoxy groups -OCH3 is 1. The van der Waals surface area contributed by atoms with E-state index in [4.69, 9.17) is 9.26 Å². The molecule has 13 heteroatoms. The van der Waals surface area contributed by atoms with Crippen LogP contribution in [0, 0.1) is 5.82 Å². The largest absolute Gasteiger partial charge is 0.480 e. The highest BCUT2D eigenvalue weighted by molar-refractivity contribution is 7.95. The number of hydrogen-bond acceptors (Lipinski definition) is 9. The Morgan fingerprint density at radius 1 is 1.21 bits per heavy atom. The van der Waals surface area contributed by atoms with Gasteiger partial charge in [0.15, 0.2) is 5.76 Å². The molecule has 1 amide bonds. The number of nitrogens with zero attached hydrogens (tertiary/aromatic N) is 5. The van der Waals surface area contributed by atoms with Crippen molar-refractivity contribution in [1.82, 2.24) is 20.4 Å². The molecular weight excluding hydrogens is 515 g/mol. The first-order chi connectivity index (χ1) is 17.9. The van der Waals surface area contributed by atoms with Crippen LogP contribution in [0.2, 0.25) is 0 Å².